The van der Waals surface area contributed by atoms with E-state index in [1.807, 2.05) is 0 Å². The quantitative estimate of drug-likeness (QED) is 0.182. The minimum atomic E-state index is 0.727. The van der Waals surface area contributed by atoms with Crippen molar-refractivity contribution in [2.75, 3.05) is 0 Å². The van der Waals surface area contributed by atoms with Crippen LogP contribution in [0, 0.1) is 0 Å². The molecule has 9 aromatic rings. The summed E-state index contributed by atoms with van der Waals surface area (Å²) in [5, 5.41) is 13.2. The van der Waals surface area contributed by atoms with Crippen molar-refractivity contribution in [1.29, 1.82) is 0 Å². The van der Waals surface area contributed by atoms with Crippen LogP contribution in [0.25, 0.3) is 87.4 Å². The Hall–Kier alpha value is -5.12. The first-order chi connectivity index (χ1) is 21.2. The summed E-state index contributed by atoms with van der Waals surface area (Å²) in [4.78, 5) is 10.6. The SMILES string of the molecule is Brc1ccc(-c2nc(-c3ccc4c5ccccc5c5ccccc5c4c3)nc3c2ccc2ccccc23)c2ccccc12. The highest BCUT2D eigenvalue weighted by Gasteiger charge is 2.17. The van der Waals surface area contributed by atoms with Crippen molar-refractivity contribution in [3.8, 4) is 22.6 Å². The van der Waals surface area contributed by atoms with Gasteiger partial charge in [-0.1, -0.05) is 137 Å². The molecule has 43 heavy (non-hydrogen) atoms. The molecule has 9 rings (SSSR count). The lowest BCUT2D eigenvalue weighted by Gasteiger charge is -2.15. The molecule has 0 saturated carbocycles. The van der Waals surface area contributed by atoms with Crippen LogP contribution in [0.2, 0.25) is 0 Å². The Labute approximate surface area is 256 Å². The normalized spacial score (nSPS) is 11.8. The van der Waals surface area contributed by atoms with Gasteiger partial charge in [0.1, 0.15) is 0 Å². The van der Waals surface area contributed by atoms with Gasteiger partial charge in [-0.3, -0.25) is 0 Å². The van der Waals surface area contributed by atoms with E-state index >= 15 is 0 Å². The number of halogens is 1. The summed E-state index contributed by atoms with van der Waals surface area (Å²) in [5.41, 5.74) is 4.01. The molecular weight excluding hydrogens is 588 g/mol. The molecule has 0 radical (unpaired) electrons. The van der Waals surface area contributed by atoms with Crippen LogP contribution in [0.4, 0.5) is 0 Å². The third-order valence-corrected chi connectivity index (χ3v) is 9.41. The number of aromatic nitrogens is 2. The van der Waals surface area contributed by atoms with Crippen LogP contribution in [0.1, 0.15) is 0 Å². The highest BCUT2D eigenvalue weighted by Crippen LogP contribution is 2.40. The summed E-state index contributed by atoms with van der Waals surface area (Å²) in [6, 6.07) is 49.7. The highest BCUT2D eigenvalue weighted by atomic mass is 79.9. The van der Waals surface area contributed by atoms with Crippen LogP contribution in [0.5, 0.6) is 0 Å². The van der Waals surface area contributed by atoms with Crippen LogP contribution in [0.15, 0.2) is 144 Å². The van der Waals surface area contributed by atoms with Gasteiger partial charge in [-0.05, 0) is 66.7 Å². The molecule has 0 fully saturated rings. The predicted octanol–water partition coefficient (Wildman–Crippen LogP) is 11.5. The van der Waals surface area contributed by atoms with Crippen molar-refractivity contribution in [1.82, 2.24) is 9.97 Å². The average molecular weight is 612 g/mol. The van der Waals surface area contributed by atoms with E-state index in [9.17, 15) is 0 Å². The first kappa shape index (κ1) is 24.5. The monoisotopic (exact) mass is 610 g/mol. The molecule has 0 spiro atoms. The molecule has 0 N–H and O–H groups in total. The summed E-state index contributed by atoms with van der Waals surface area (Å²) in [5.74, 6) is 0.727. The fourth-order valence-corrected chi connectivity index (χ4v) is 7.19. The average Bonchev–Trinajstić information content (AvgIpc) is 3.08. The Bertz CT molecular complexity index is 2550. The maximum absolute atomic E-state index is 5.35. The van der Waals surface area contributed by atoms with E-state index < -0.39 is 0 Å². The molecule has 200 valence electrons. The van der Waals surface area contributed by atoms with Crippen molar-refractivity contribution in [2.24, 2.45) is 0 Å². The maximum Gasteiger partial charge on any atom is 0.160 e. The van der Waals surface area contributed by atoms with E-state index in [1.165, 1.54) is 37.7 Å². The summed E-state index contributed by atoms with van der Waals surface area (Å²) in [6.45, 7) is 0. The van der Waals surface area contributed by atoms with E-state index in [0.717, 1.165) is 54.2 Å². The summed E-state index contributed by atoms with van der Waals surface area (Å²) >= 11 is 3.76. The largest absolute Gasteiger partial charge is 0.227 e. The number of hydrogen-bond acceptors (Lipinski definition) is 2. The number of nitrogens with zero attached hydrogens (tertiary/aromatic N) is 2. The van der Waals surface area contributed by atoms with Gasteiger partial charge in [0.05, 0.1) is 11.2 Å². The van der Waals surface area contributed by atoms with Gasteiger partial charge in [-0.15, -0.1) is 0 Å². The Kier molecular flexibility index (Phi) is 5.38. The van der Waals surface area contributed by atoms with Crippen molar-refractivity contribution in [3.63, 3.8) is 0 Å². The Morgan fingerprint density at radius 1 is 0.395 bits per heavy atom. The Morgan fingerprint density at radius 3 is 1.67 bits per heavy atom. The summed E-state index contributed by atoms with van der Waals surface area (Å²) in [6.07, 6.45) is 0. The molecule has 0 saturated heterocycles. The van der Waals surface area contributed by atoms with Crippen LogP contribution in [-0.4, -0.2) is 9.97 Å². The maximum atomic E-state index is 5.35. The van der Waals surface area contributed by atoms with Crippen molar-refractivity contribution >= 4 is 80.7 Å². The number of hydrogen-bond donors (Lipinski definition) is 0. The molecule has 0 bridgehead atoms. The predicted molar refractivity (Wildman–Crippen MR) is 186 cm³/mol. The number of benzene rings is 8. The fourth-order valence-electron chi connectivity index (χ4n) is 6.71. The van der Waals surface area contributed by atoms with E-state index in [1.54, 1.807) is 0 Å². The van der Waals surface area contributed by atoms with Crippen LogP contribution in [-0.2, 0) is 0 Å². The van der Waals surface area contributed by atoms with E-state index in [-0.39, 0.29) is 0 Å². The van der Waals surface area contributed by atoms with Gasteiger partial charge in [0.15, 0.2) is 5.82 Å². The highest BCUT2D eigenvalue weighted by molar-refractivity contribution is 9.10. The van der Waals surface area contributed by atoms with Crippen LogP contribution < -0.4 is 0 Å². The molecule has 0 unspecified atom stereocenters. The Morgan fingerprint density at radius 2 is 0.953 bits per heavy atom. The van der Waals surface area contributed by atoms with Gasteiger partial charge >= 0.3 is 0 Å². The molecule has 3 heteroatoms. The lowest BCUT2D eigenvalue weighted by atomic mass is 9.93. The third kappa shape index (κ3) is 3.72. The fraction of sp³-hybridized carbons (Fsp3) is 0. The second-order valence-electron chi connectivity index (χ2n) is 11.1. The Balaban J connectivity index is 1.40. The molecular formula is C40H23BrN2. The molecule has 0 amide bonds. The molecule has 1 aromatic heterocycles. The molecule has 1 heterocycles. The molecule has 0 atom stereocenters. The van der Waals surface area contributed by atoms with E-state index in [4.69, 9.17) is 9.97 Å². The van der Waals surface area contributed by atoms with Gasteiger partial charge in [-0.2, -0.15) is 0 Å². The topological polar surface area (TPSA) is 25.8 Å². The minimum Gasteiger partial charge on any atom is -0.227 e. The van der Waals surface area contributed by atoms with Crippen LogP contribution in [0.3, 0.4) is 0 Å². The van der Waals surface area contributed by atoms with Gasteiger partial charge in [0, 0.05) is 26.4 Å². The zero-order valence-electron chi connectivity index (χ0n) is 23.1. The van der Waals surface area contributed by atoms with Gasteiger partial charge in [0.25, 0.3) is 0 Å². The van der Waals surface area contributed by atoms with Gasteiger partial charge in [0.2, 0.25) is 0 Å². The zero-order valence-corrected chi connectivity index (χ0v) is 24.6. The van der Waals surface area contributed by atoms with Crippen molar-refractivity contribution in [3.05, 3.63) is 144 Å². The molecule has 0 aliphatic heterocycles. The first-order valence-electron chi connectivity index (χ1n) is 14.5. The number of rotatable bonds is 2. The summed E-state index contributed by atoms with van der Waals surface area (Å²) in [7, 11) is 0. The minimum absolute atomic E-state index is 0.727. The van der Waals surface area contributed by atoms with Crippen molar-refractivity contribution < 1.29 is 0 Å². The van der Waals surface area contributed by atoms with E-state index in [0.29, 0.717) is 0 Å². The van der Waals surface area contributed by atoms with Crippen LogP contribution >= 0.6 is 15.9 Å². The van der Waals surface area contributed by atoms with Gasteiger partial charge in [-0.25, -0.2) is 9.97 Å². The molecule has 0 aliphatic carbocycles. The third-order valence-electron chi connectivity index (χ3n) is 8.72. The van der Waals surface area contributed by atoms with E-state index in [2.05, 4.69) is 155 Å². The van der Waals surface area contributed by atoms with Crippen molar-refractivity contribution in [2.45, 2.75) is 0 Å². The van der Waals surface area contributed by atoms with Gasteiger partial charge < -0.3 is 0 Å². The lowest BCUT2D eigenvalue weighted by molar-refractivity contribution is 1.24. The first-order valence-corrected chi connectivity index (χ1v) is 15.2. The zero-order chi connectivity index (χ0) is 28.5. The standard InChI is InChI=1S/C40H23BrN2/c41-37-22-21-34(31-15-7-8-16-33(31)37)39-35-20-17-24-9-1-2-10-26(24)38(35)42-40(43-39)25-18-19-32-29-13-4-3-11-27(29)28-12-5-6-14-30(28)36(32)23-25/h1-23H. The number of fused-ring (bicyclic) bond motifs is 10. The molecule has 0 aliphatic rings. The second kappa shape index (κ2) is 9.45. The molecule has 2 nitrogen and oxygen atoms in total. The second-order valence-corrected chi connectivity index (χ2v) is 11.9. The molecule has 8 aromatic carbocycles. The lowest BCUT2D eigenvalue weighted by Crippen LogP contribution is -1.97. The summed E-state index contributed by atoms with van der Waals surface area (Å²) < 4.78 is 1.07. The smallest absolute Gasteiger partial charge is 0.160 e.